The molecule has 4 N–H and O–H groups in total. The average molecular weight is 331 g/mol. The lowest BCUT2D eigenvalue weighted by atomic mass is 10.2. The van der Waals surface area contributed by atoms with Gasteiger partial charge in [-0.05, 0) is 25.0 Å². The maximum atomic E-state index is 12.2. The first kappa shape index (κ1) is 15.1. The Morgan fingerprint density at radius 3 is 2.65 bits per heavy atom. The molecule has 1 saturated carbocycles. The zero-order chi connectivity index (χ0) is 16.4. The number of hydrogen-bond acceptors (Lipinski definition) is 6. The minimum atomic E-state index is -0.600. The molecule has 1 aliphatic carbocycles. The van der Waals surface area contributed by atoms with Crippen molar-refractivity contribution in [3.05, 3.63) is 35.0 Å². The van der Waals surface area contributed by atoms with Crippen molar-refractivity contribution < 1.29 is 14.4 Å². The summed E-state index contributed by atoms with van der Waals surface area (Å²) in [6.07, 6.45) is 4.51. The van der Waals surface area contributed by atoms with E-state index >= 15 is 0 Å². The number of thiazole rings is 1. The van der Waals surface area contributed by atoms with Gasteiger partial charge in [-0.3, -0.25) is 19.7 Å². The highest BCUT2D eigenvalue weighted by Crippen LogP contribution is 2.30. The highest BCUT2D eigenvalue weighted by atomic mass is 32.1. The Balaban J connectivity index is 1.68. The van der Waals surface area contributed by atoms with E-state index in [-0.39, 0.29) is 21.8 Å². The molecular weight excluding hydrogens is 318 g/mol. The second-order valence-electron chi connectivity index (χ2n) is 5.04. The van der Waals surface area contributed by atoms with Crippen LogP contribution in [-0.2, 0) is 4.79 Å². The minimum Gasteiger partial charge on any atom is -0.365 e. The Hall–Kier alpha value is -2.81. The fourth-order valence-corrected chi connectivity index (χ4v) is 2.49. The topological polar surface area (TPSA) is 127 Å². The van der Waals surface area contributed by atoms with Gasteiger partial charge in [0.05, 0.1) is 6.20 Å². The van der Waals surface area contributed by atoms with Gasteiger partial charge in [-0.15, -0.1) is 0 Å². The Labute approximate surface area is 135 Å². The highest BCUT2D eigenvalue weighted by Gasteiger charge is 2.29. The molecule has 8 nitrogen and oxygen atoms in total. The van der Waals surface area contributed by atoms with Gasteiger partial charge in [0, 0.05) is 17.7 Å². The van der Waals surface area contributed by atoms with Crippen LogP contribution in [0.2, 0.25) is 0 Å². The smallest absolute Gasteiger partial charge is 0.260 e. The third-order valence-corrected chi connectivity index (χ3v) is 4.12. The Kier molecular flexibility index (Phi) is 4.02. The Morgan fingerprint density at radius 1 is 1.22 bits per heavy atom. The second-order valence-corrected chi connectivity index (χ2v) is 6.07. The summed E-state index contributed by atoms with van der Waals surface area (Å²) in [4.78, 5) is 43.1. The predicted octanol–water partition coefficient (Wildman–Crippen LogP) is 1.24. The van der Waals surface area contributed by atoms with Crippen LogP contribution >= 0.6 is 11.3 Å². The first-order chi connectivity index (χ1) is 11.0. The van der Waals surface area contributed by atoms with Gasteiger partial charge in [0.1, 0.15) is 10.7 Å². The number of primary amides is 1. The Morgan fingerprint density at radius 2 is 2.00 bits per heavy atom. The fourth-order valence-electron chi connectivity index (χ4n) is 1.83. The van der Waals surface area contributed by atoms with Crippen molar-refractivity contribution in [2.45, 2.75) is 12.8 Å². The molecule has 118 valence electrons. The SMILES string of the molecule is NC(=O)c1cnc(NC(=O)c2ccnc(NC(=O)C3CC3)c2)s1. The molecule has 0 saturated heterocycles. The summed E-state index contributed by atoms with van der Waals surface area (Å²) in [7, 11) is 0. The molecule has 2 aromatic heterocycles. The molecule has 0 bridgehead atoms. The number of carbonyl (C=O) groups is 3. The number of nitrogens with one attached hydrogen (secondary N) is 2. The van der Waals surface area contributed by atoms with Crippen LogP contribution in [0.4, 0.5) is 10.9 Å². The summed E-state index contributed by atoms with van der Waals surface area (Å²) in [6, 6.07) is 3.00. The minimum absolute atomic E-state index is 0.0526. The van der Waals surface area contributed by atoms with Crippen LogP contribution in [0.15, 0.2) is 24.5 Å². The summed E-state index contributed by atoms with van der Waals surface area (Å²) < 4.78 is 0. The number of hydrogen-bond donors (Lipinski definition) is 3. The second kappa shape index (κ2) is 6.13. The lowest BCUT2D eigenvalue weighted by Gasteiger charge is -2.05. The lowest BCUT2D eigenvalue weighted by molar-refractivity contribution is -0.117. The van der Waals surface area contributed by atoms with Crippen LogP contribution in [0.5, 0.6) is 0 Å². The highest BCUT2D eigenvalue weighted by molar-refractivity contribution is 7.17. The summed E-state index contributed by atoms with van der Waals surface area (Å²) in [5, 5.41) is 5.51. The van der Waals surface area contributed by atoms with Gasteiger partial charge in [-0.1, -0.05) is 11.3 Å². The van der Waals surface area contributed by atoms with Gasteiger partial charge in [-0.25, -0.2) is 9.97 Å². The third kappa shape index (κ3) is 3.69. The monoisotopic (exact) mass is 331 g/mol. The van der Waals surface area contributed by atoms with Gasteiger partial charge in [0.25, 0.3) is 11.8 Å². The van der Waals surface area contributed by atoms with Crippen molar-refractivity contribution >= 4 is 40.0 Å². The van der Waals surface area contributed by atoms with Crippen molar-refractivity contribution in [3.8, 4) is 0 Å². The summed E-state index contributed by atoms with van der Waals surface area (Å²) in [5.74, 6) is -0.721. The quantitative estimate of drug-likeness (QED) is 0.759. The molecule has 0 unspecified atom stereocenters. The predicted molar refractivity (Wildman–Crippen MR) is 84.2 cm³/mol. The number of amides is 3. The van der Waals surface area contributed by atoms with E-state index in [1.165, 1.54) is 24.5 Å². The van der Waals surface area contributed by atoms with E-state index < -0.39 is 11.8 Å². The standard InChI is InChI=1S/C14H13N5O3S/c15-11(20)9-6-17-14(23-9)19-13(22)8-3-4-16-10(5-8)18-12(21)7-1-2-7/h3-7H,1-2H2,(H2,15,20)(H,16,18,21)(H,17,19,22). The molecule has 2 heterocycles. The first-order valence-corrected chi connectivity index (χ1v) is 7.68. The van der Waals surface area contributed by atoms with E-state index in [2.05, 4.69) is 20.6 Å². The number of pyridine rings is 1. The summed E-state index contributed by atoms with van der Waals surface area (Å²) >= 11 is 0.988. The maximum Gasteiger partial charge on any atom is 0.260 e. The van der Waals surface area contributed by atoms with Crippen molar-refractivity contribution in [2.24, 2.45) is 11.7 Å². The number of carbonyl (C=O) groups excluding carboxylic acids is 3. The van der Waals surface area contributed by atoms with E-state index in [0.717, 1.165) is 24.2 Å². The van der Waals surface area contributed by atoms with Crippen LogP contribution in [0, 0.1) is 5.92 Å². The molecular formula is C14H13N5O3S. The number of aromatic nitrogens is 2. The molecule has 23 heavy (non-hydrogen) atoms. The van der Waals surface area contributed by atoms with Crippen LogP contribution in [0.25, 0.3) is 0 Å². The molecule has 0 radical (unpaired) electrons. The molecule has 0 aromatic carbocycles. The van der Waals surface area contributed by atoms with Gasteiger partial charge in [-0.2, -0.15) is 0 Å². The van der Waals surface area contributed by atoms with E-state index in [1.54, 1.807) is 0 Å². The zero-order valence-electron chi connectivity index (χ0n) is 11.9. The maximum absolute atomic E-state index is 12.2. The fraction of sp³-hybridized carbons (Fsp3) is 0.214. The number of nitrogens with two attached hydrogens (primary N) is 1. The molecule has 0 aliphatic heterocycles. The zero-order valence-corrected chi connectivity index (χ0v) is 12.7. The third-order valence-electron chi connectivity index (χ3n) is 3.19. The van der Waals surface area contributed by atoms with Crippen LogP contribution in [0.1, 0.15) is 32.9 Å². The van der Waals surface area contributed by atoms with Crippen molar-refractivity contribution in [1.82, 2.24) is 9.97 Å². The van der Waals surface area contributed by atoms with E-state index in [9.17, 15) is 14.4 Å². The van der Waals surface area contributed by atoms with Crippen molar-refractivity contribution in [3.63, 3.8) is 0 Å². The van der Waals surface area contributed by atoms with E-state index in [4.69, 9.17) is 5.73 Å². The molecule has 3 rings (SSSR count). The first-order valence-electron chi connectivity index (χ1n) is 6.87. The number of nitrogens with zero attached hydrogens (tertiary/aromatic N) is 2. The van der Waals surface area contributed by atoms with Crippen LogP contribution < -0.4 is 16.4 Å². The molecule has 9 heteroatoms. The summed E-state index contributed by atoms with van der Waals surface area (Å²) in [5.41, 5.74) is 5.46. The molecule has 0 atom stereocenters. The molecule has 2 aromatic rings. The van der Waals surface area contributed by atoms with Gasteiger partial charge >= 0.3 is 0 Å². The van der Waals surface area contributed by atoms with Crippen LogP contribution in [0.3, 0.4) is 0 Å². The van der Waals surface area contributed by atoms with Gasteiger partial charge in [0.2, 0.25) is 5.91 Å². The number of anilines is 2. The lowest BCUT2D eigenvalue weighted by Crippen LogP contribution is -2.16. The average Bonchev–Trinajstić information content (AvgIpc) is 3.27. The van der Waals surface area contributed by atoms with E-state index in [0.29, 0.717) is 11.4 Å². The summed E-state index contributed by atoms with van der Waals surface area (Å²) in [6.45, 7) is 0. The van der Waals surface area contributed by atoms with Crippen molar-refractivity contribution in [1.29, 1.82) is 0 Å². The molecule has 1 fully saturated rings. The Bertz CT molecular complexity index is 784. The molecule has 1 aliphatic rings. The largest absolute Gasteiger partial charge is 0.365 e. The van der Waals surface area contributed by atoms with Gasteiger partial charge in [0.15, 0.2) is 5.13 Å². The van der Waals surface area contributed by atoms with Gasteiger partial charge < -0.3 is 11.1 Å². The van der Waals surface area contributed by atoms with E-state index in [1.807, 2.05) is 0 Å². The number of rotatable bonds is 5. The van der Waals surface area contributed by atoms with Crippen LogP contribution in [-0.4, -0.2) is 27.7 Å². The molecule has 0 spiro atoms. The van der Waals surface area contributed by atoms with Crippen molar-refractivity contribution in [2.75, 3.05) is 10.6 Å². The molecule has 3 amide bonds. The normalized spacial score (nSPS) is 13.4.